The number of hydrogen-bond donors (Lipinski definition) is 1. The van der Waals surface area contributed by atoms with Crippen molar-refractivity contribution in [2.45, 2.75) is 6.54 Å². The Balaban J connectivity index is 1.61. The van der Waals surface area contributed by atoms with Crippen molar-refractivity contribution in [3.8, 4) is 11.4 Å². The van der Waals surface area contributed by atoms with E-state index in [1.54, 1.807) is 25.3 Å². The summed E-state index contributed by atoms with van der Waals surface area (Å²) in [4.78, 5) is 24.1. The quantitative estimate of drug-likeness (QED) is 0.680. The summed E-state index contributed by atoms with van der Waals surface area (Å²) in [5.41, 5.74) is 1.27. The van der Waals surface area contributed by atoms with E-state index in [1.807, 2.05) is 30.3 Å². The molecule has 0 saturated carbocycles. The van der Waals surface area contributed by atoms with Gasteiger partial charge in [-0.3, -0.25) is 9.36 Å². The number of rotatable bonds is 6. The smallest absolute Gasteiger partial charge is 0.345 e. The number of aromatic nitrogens is 3. The molecule has 6 nitrogen and oxygen atoms in total. The summed E-state index contributed by atoms with van der Waals surface area (Å²) in [6.07, 6.45) is 3.16. The molecule has 0 radical (unpaired) electrons. The summed E-state index contributed by atoms with van der Waals surface area (Å²) in [6.45, 7) is 0.497. The van der Waals surface area contributed by atoms with Gasteiger partial charge in [0.2, 0.25) is 5.91 Å². The predicted molar refractivity (Wildman–Crippen MR) is 101 cm³/mol. The fourth-order valence-electron chi connectivity index (χ4n) is 2.56. The van der Waals surface area contributed by atoms with Crippen molar-refractivity contribution in [2.24, 2.45) is 7.05 Å². The molecule has 0 atom stereocenters. The first-order chi connectivity index (χ1) is 13.0. The van der Waals surface area contributed by atoms with E-state index in [0.717, 1.165) is 5.56 Å². The topological polar surface area (TPSA) is 68.9 Å². The number of amides is 1. The van der Waals surface area contributed by atoms with Gasteiger partial charge < -0.3 is 5.32 Å². The molecule has 0 spiro atoms. The van der Waals surface area contributed by atoms with Crippen LogP contribution in [0.3, 0.4) is 0 Å². The van der Waals surface area contributed by atoms with Crippen molar-refractivity contribution in [3.05, 3.63) is 82.5 Å². The number of benzene rings is 2. The minimum Gasteiger partial charge on any atom is -0.351 e. The van der Waals surface area contributed by atoms with Gasteiger partial charge in [0, 0.05) is 25.2 Å². The molecule has 27 heavy (non-hydrogen) atoms. The average Bonchev–Trinajstić information content (AvgIpc) is 2.96. The van der Waals surface area contributed by atoms with Crippen molar-refractivity contribution >= 4 is 12.0 Å². The highest BCUT2D eigenvalue weighted by Gasteiger charge is 2.12. The number of carbonyl (C=O) groups excluding carboxylic acids is 1. The van der Waals surface area contributed by atoms with E-state index < -0.39 is 0 Å². The molecule has 1 heterocycles. The highest BCUT2D eigenvalue weighted by Crippen LogP contribution is 2.15. The maximum Gasteiger partial charge on any atom is 0.345 e. The Bertz CT molecular complexity index is 1000. The van der Waals surface area contributed by atoms with Crippen molar-refractivity contribution in [1.29, 1.82) is 0 Å². The van der Waals surface area contributed by atoms with E-state index in [1.165, 1.54) is 27.5 Å². The van der Waals surface area contributed by atoms with Gasteiger partial charge >= 0.3 is 5.69 Å². The second kappa shape index (κ2) is 8.27. The summed E-state index contributed by atoms with van der Waals surface area (Å²) in [6, 6.07) is 15.3. The van der Waals surface area contributed by atoms with Crippen LogP contribution in [0.15, 0.2) is 65.5 Å². The van der Waals surface area contributed by atoms with Gasteiger partial charge in [-0.2, -0.15) is 0 Å². The molecule has 1 N–H and O–H groups in total. The number of nitrogens with zero attached hydrogens (tertiary/aromatic N) is 3. The zero-order chi connectivity index (χ0) is 19.2. The molecule has 0 aliphatic heterocycles. The summed E-state index contributed by atoms with van der Waals surface area (Å²) in [7, 11) is 1.60. The fourth-order valence-corrected chi connectivity index (χ4v) is 2.56. The Hall–Kier alpha value is -3.48. The first-order valence-corrected chi connectivity index (χ1v) is 8.45. The van der Waals surface area contributed by atoms with Crippen LogP contribution in [-0.2, 0) is 18.4 Å². The maximum absolute atomic E-state index is 13.1. The highest BCUT2D eigenvalue weighted by atomic mass is 19.1. The molecule has 138 valence electrons. The van der Waals surface area contributed by atoms with Crippen LogP contribution in [0.5, 0.6) is 0 Å². The molecular weight excluding hydrogens is 347 g/mol. The lowest BCUT2D eigenvalue weighted by Gasteiger charge is -2.01. The number of carbonyl (C=O) groups is 1. The summed E-state index contributed by atoms with van der Waals surface area (Å²) in [5, 5.41) is 7.00. The van der Waals surface area contributed by atoms with Gasteiger partial charge in [-0.25, -0.2) is 13.9 Å². The van der Waals surface area contributed by atoms with Crippen LogP contribution in [-0.4, -0.2) is 26.8 Å². The van der Waals surface area contributed by atoms with Gasteiger partial charge in [-0.1, -0.05) is 30.3 Å². The standard InChI is InChI=1S/C20H19FN4O2/c1-24-19(16-8-10-17(21)11-9-16)23-25(20(24)27)14-13-22-18(26)12-7-15-5-3-2-4-6-15/h2-12H,13-14H2,1H3,(H,22,26)/b12-7+. The zero-order valence-electron chi connectivity index (χ0n) is 14.8. The predicted octanol–water partition coefficient (Wildman–Crippen LogP) is 2.22. The van der Waals surface area contributed by atoms with Crippen LogP contribution >= 0.6 is 0 Å². The van der Waals surface area contributed by atoms with Gasteiger partial charge in [-0.05, 0) is 35.9 Å². The van der Waals surface area contributed by atoms with E-state index in [-0.39, 0.29) is 30.5 Å². The Morgan fingerprint density at radius 2 is 1.85 bits per heavy atom. The molecule has 3 aromatic rings. The molecule has 0 saturated heterocycles. The third-order valence-electron chi connectivity index (χ3n) is 3.99. The number of hydrogen-bond acceptors (Lipinski definition) is 3. The number of nitrogens with one attached hydrogen (secondary N) is 1. The van der Waals surface area contributed by atoms with E-state index in [0.29, 0.717) is 11.4 Å². The molecule has 0 fully saturated rings. The molecule has 0 aliphatic carbocycles. The third-order valence-corrected chi connectivity index (χ3v) is 3.99. The number of halogens is 1. The summed E-state index contributed by atoms with van der Waals surface area (Å²) in [5.74, 6) is -0.161. The Morgan fingerprint density at radius 3 is 2.56 bits per heavy atom. The molecular formula is C20H19FN4O2. The molecule has 1 amide bonds. The Labute approximate surface area is 155 Å². The molecule has 1 aromatic heterocycles. The normalized spacial score (nSPS) is 11.0. The van der Waals surface area contributed by atoms with Gasteiger partial charge in [0.05, 0.1) is 6.54 Å². The molecule has 0 bridgehead atoms. The van der Waals surface area contributed by atoms with E-state index in [2.05, 4.69) is 10.4 Å². The van der Waals surface area contributed by atoms with Crippen molar-refractivity contribution in [3.63, 3.8) is 0 Å². The molecule has 2 aromatic carbocycles. The zero-order valence-corrected chi connectivity index (χ0v) is 14.8. The van der Waals surface area contributed by atoms with Gasteiger partial charge in [-0.15, -0.1) is 5.10 Å². The highest BCUT2D eigenvalue weighted by molar-refractivity contribution is 5.91. The summed E-state index contributed by atoms with van der Waals surface area (Å²) < 4.78 is 15.7. The molecule has 7 heteroatoms. The van der Waals surface area contributed by atoms with Crippen molar-refractivity contribution in [1.82, 2.24) is 19.7 Å². The summed E-state index contributed by atoms with van der Waals surface area (Å²) >= 11 is 0. The third kappa shape index (κ3) is 4.58. The van der Waals surface area contributed by atoms with Crippen molar-refractivity contribution in [2.75, 3.05) is 6.54 Å². The largest absolute Gasteiger partial charge is 0.351 e. The van der Waals surface area contributed by atoms with Crippen molar-refractivity contribution < 1.29 is 9.18 Å². The first-order valence-electron chi connectivity index (χ1n) is 8.45. The first kappa shape index (κ1) is 18.3. The van der Waals surface area contributed by atoms with Gasteiger partial charge in [0.1, 0.15) is 5.82 Å². The molecule has 3 rings (SSSR count). The fraction of sp³-hybridized carbons (Fsp3) is 0.150. The second-order valence-corrected chi connectivity index (χ2v) is 5.93. The van der Waals surface area contributed by atoms with Crippen LogP contribution in [0.2, 0.25) is 0 Å². The minimum absolute atomic E-state index is 0.235. The second-order valence-electron chi connectivity index (χ2n) is 5.93. The average molecular weight is 366 g/mol. The molecule has 0 aliphatic rings. The lowest BCUT2D eigenvalue weighted by molar-refractivity contribution is -0.116. The van der Waals surface area contributed by atoms with Gasteiger partial charge in [0.25, 0.3) is 0 Å². The monoisotopic (exact) mass is 366 g/mol. The minimum atomic E-state index is -0.352. The van der Waals surface area contributed by atoms with E-state index in [9.17, 15) is 14.0 Å². The van der Waals surface area contributed by atoms with Crippen LogP contribution < -0.4 is 11.0 Å². The Kier molecular flexibility index (Phi) is 5.61. The maximum atomic E-state index is 13.1. The van der Waals surface area contributed by atoms with E-state index in [4.69, 9.17) is 0 Å². The van der Waals surface area contributed by atoms with Crippen LogP contribution in [0.4, 0.5) is 4.39 Å². The Morgan fingerprint density at radius 1 is 1.15 bits per heavy atom. The van der Waals surface area contributed by atoms with Crippen LogP contribution in [0.25, 0.3) is 17.5 Å². The van der Waals surface area contributed by atoms with Crippen LogP contribution in [0.1, 0.15) is 5.56 Å². The van der Waals surface area contributed by atoms with Crippen LogP contribution in [0, 0.1) is 5.82 Å². The lowest BCUT2D eigenvalue weighted by Crippen LogP contribution is -2.30. The lowest BCUT2D eigenvalue weighted by atomic mass is 10.2. The van der Waals surface area contributed by atoms with E-state index >= 15 is 0 Å². The SMILES string of the molecule is Cn1c(-c2ccc(F)cc2)nn(CCNC(=O)/C=C/c2ccccc2)c1=O. The van der Waals surface area contributed by atoms with Gasteiger partial charge in [0.15, 0.2) is 5.82 Å². The molecule has 0 unspecified atom stereocenters.